The number of nitrogens with zero attached hydrogens (tertiary/aromatic N) is 1. The van der Waals surface area contributed by atoms with Crippen molar-refractivity contribution >= 4 is 21.9 Å². The van der Waals surface area contributed by atoms with Crippen molar-refractivity contribution in [1.29, 1.82) is 0 Å². The van der Waals surface area contributed by atoms with E-state index in [9.17, 15) is 9.90 Å². The Morgan fingerprint density at radius 2 is 2.32 bits per heavy atom. The van der Waals surface area contributed by atoms with Crippen LogP contribution < -0.4 is 9.47 Å². The lowest BCUT2D eigenvalue weighted by Gasteiger charge is -2.36. The number of aliphatic hydroxyl groups is 1. The lowest BCUT2D eigenvalue weighted by molar-refractivity contribution is -0.143. The molecular weight excluding hydrogens is 426 g/mol. The van der Waals surface area contributed by atoms with Gasteiger partial charge in [-0.25, -0.2) is 0 Å². The molecule has 2 aliphatic heterocycles. The van der Waals surface area contributed by atoms with Crippen molar-refractivity contribution in [3.05, 3.63) is 33.8 Å². The van der Waals surface area contributed by atoms with E-state index < -0.39 is 6.10 Å². The summed E-state index contributed by atoms with van der Waals surface area (Å²) < 4.78 is 18.0. The lowest BCUT2D eigenvalue weighted by Crippen LogP contribution is -2.43. The van der Waals surface area contributed by atoms with E-state index >= 15 is 0 Å². The van der Waals surface area contributed by atoms with E-state index in [-0.39, 0.29) is 17.5 Å². The number of benzene rings is 1. The van der Waals surface area contributed by atoms with Gasteiger partial charge in [-0.15, -0.1) is 0 Å². The van der Waals surface area contributed by atoms with Crippen LogP contribution in [0.15, 0.2) is 22.7 Å². The summed E-state index contributed by atoms with van der Waals surface area (Å²) in [4.78, 5) is 14.1. The minimum Gasteiger partial charge on any atom is -0.493 e. The van der Waals surface area contributed by atoms with Crippen LogP contribution in [0, 0.1) is 0 Å². The maximum atomic E-state index is 11.8. The molecule has 0 saturated carbocycles. The molecule has 1 aliphatic carbocycles. The Hall–Kier alpha value is -1.57. The second-order valence-electron chi connectivity index (χ2n) is 7.63. The fourth-order valence-corrected chi connectivity index (χ4v) is 5.22. The molecule has 28 heavy (non-hydrogen) atoms. The zero-order chi connectivity index (χ0) is 19.9. The molecule has 0 fully saturated rings. The van der Waals surface area contributed by atoms with E-state index in [1.165, 1.54) is 5.56 Å². The standard InChI is InChI=1S/C21H26BrNO5/c1-3-27-18(25)5-8-23-9-7-21-6-4-13(24)10-17(21)28-20-16(26-2)11-15(22)14(12-23)19(20)21/h4,6,11,13,17,24H,3,5,7-10,12H2,1-2H3/t13-,17?,21?/m0/s1. The molecule has 3 aliphatic rings. The Morgan fingerprint density at radius 3 is 3.07 bits per heavy atom. The molecule has 7 heteroatoms. The van der Waals surface area contributed by atoms with Gasteiger partial charge >= 0.3 is 5.97 Å². The van der Waals surface area contributed by atoms with Crippen LogP contribution >= 0.6 is 15.9 Å². The summed E-state index contributed by atoms with van der Waals surface area (Å²) in [5.74, 6) is 1.34. The monoisotopic (exact) mass is 451 g/mol. The first-order valence-corrected chi connectivity index (χ1v) is 10.6. The average molecular weight is 452 g/mol. The van der Waals surface area contributed by atoms with Gasteiger partial charge in [0.25, 0.3) is 0 Å². The first kappa shape index (κ1) is 19.7. The number of ether oxygens (including phenoxy) is 3. The van der Waals surface area contributed by atoms with E-state index in [0.29, 0.717) is 31.7 Å². The van der Waals surface area contributed by atoms with E-state index in [1.807, 2.05) is 19.1 Å². The van der Waals surface area contributed by atoms with Gasteiger partial charge in [0.05, 0.1) is 31.7 Å². The van der Waals surface area contributed by atoms with Crippen molar-refractivity contribution in [2.45, 2.75) is 50.4 Å². The van der Waals surface area contributed by atoms with Crippen LogP contribution in [0.2, 0.25) is 0 Å². The summed E-state index contributed by atoms with van der Waals surface area (Å²) in [6.07, 6.45) is 5.21. The maximum Gasteiger partial charge on any atom is 0.307 e. The topological polar surface area (TPSA) is 68.2 Å². The van der Waals surface area contributed by atoms with Gasteiger partial charge < -0.3 is 19.3 Å². The van der Waals surface area contributed by atoms with Gasteiger partial charge in [0.1, 0.15) is 6.10 Å². The second kappa shape index (κ2) is 7.69. The molecule has 1 spiro atoms. The third-order valence-electron chi connectivity index (χ3n) is 6.05. The molecule has 4 rings (SSSR count). The number of hydrogen-bond donors (Lipinski definition) is 1. The van der Waals surface area contributed by atoms with Crippen molar-refractivity contribution < 1.29 is 24.1 Å². The fraction of sp³-hybridized carbons (Fsp3) is 0.571. The Labute approximate surface area is 173 Å². The zero-order valence-corrected chi connectivity index (χ0v) is 17.8. The predicted octanol–water partition coefficient (Wildman–Crippen LogP) is 2.94. The Kier molecular flexibility index (Phi) is 5.42. The molecule has 0 amide bonds. The van der Waals surface area contributed by atoms with Gasteiger partial charge in [-0.1, -0.05) is 28.1 Å². The summed E-state index contributed by atoms with van der Waals surface area (Å²) in [5, 5.41) is 10.2. The smallest absolute Gasteiger partial charge is 0.307 e. The molecule has 0 radical (unpaired) electrons. The summed E-state index contributed by atoms with van der Waals surface area (Å²) in [6, 6.07) is 1.95. The molecule has 2 heterocycles. The first-order chi connectivity index (χ1) is 13.5. The fourth-order valence-electron chi connectivity index (χ4n) is 4.69. The van der Waals surface area contributed by atoms with Crippen molar-refractivity contribution in [3.63, 3.8) is 0 Å². The van der Waals surface area contributed by atoms with Crippen LogP contribution in [0.5, 0.6) is 11.5 Å². The number of carbonyl (C=O) groups is 1. The van der Waals surface area contributed by atoms with E-state index in [4.69, 9.17) is 14.2 Å². The molecule has 3 atom stereocenters. The molecule has 152 valence electrons. The van der Waals surface area contributed by atoms with Crippen LogP contribution in [-0.4, -0.2) is 55.0 Å². The SMILES string of the molecule is CCOC(=O)CCN1CCC23C=C[C@H](O)CC2Oc2c(OC)cc(Br)c(c23)C1. The quantitative estimate of drug-likeness (QED) is 0.548. The molecular formula is C21H26BrNO5. The summed E-state index contributed by atoms with van der Waals surface area (Å²) in [6.45, 7) is 4.45. The normalized spacial score (nSPS) is 28.1. The number of methoxy groups -OCH3 is 1. The third-order valence-corrected chi connectivity index (χ3v) is 6.76. The largest absolute Gasteiger partial charge is 0.493 e. The molecule has 2 unspecified atom stereocenters. The Morgan fingerprint density at radius 1 is 1.50 bits per heavy atom. The first-order valence-electron chi connectivity index (χ1n) is 9.80. The molecule has 0 saturated heterocycles. The van der Waals surface area contributed by atoms with Crippen molar-refractivity contribution in [2.24, 2.45) is 0 Å². The average Bonchev–Trinajstić information content (AvgIpc) is 2.90. The van der Waals surface area contributed by atoms with Gasteiger partial charge in [-0.3, -0.25) is 9.69 Å². The van der Waals surface area contributed by atoms with Crippen LogP contribution in [0.4, 0.5) is 0 Å². The van der Waals surface area contributed by atoms with Crippen LogP contribution in [0.3, 0.4) is 0 Å². The van der Waals surface area contributed by atoms with Crippen LogP contribution in [0.25, 0.3) is 0 Å². The van der Waals surface area contributed by atoms with Gasteiger partial charge in [0.2, 0.25) is 0 Å². The van der Waals surface area contributed by atoms with Gasteiger partial charge in [0.15, 0.2) is 11.5 Å². The lowest BCUT2D eigenvalue weighted by atomic mass is 9.69. The van der Waals surface area contributed by atoms with Crippen LogP contribution in [0.1, 0.15) is 37.3 Å². The van der Waals surface area contributed by atoms with Crippen molar-refractivity contribution in [1.82, 2.24) is 4.90 Å². The van der Waals surface area contributed by atoms with Gasteiger partial charge in [-0.2, -0.15) is 0 Å². The van der Waals surface area contributed by atoms with Crippen LogP contribution in [-0.2, 0) is 21.5 Å². The van der Waals surface area contributed by atoms with Gasteiger partial charge in [-0.05, 0) is 31.5 Å². The molecule has 1 N–H and O–H groups in total. The molecule has 0 bridgehead atoms. The molecule has 0 aromatic heterocycles. The maximum absolute atomic E-state index is 11.8. The number of aliphatic hydroxyl groups excluding tert-OH is 1. The molecule has 6 nitrogen and oxygen atoms in total. The van der Waals surface area contributed by atoms with Crippen molar-refractivity contribution in [3.8, 4) is 11.5 Å². The highest BCUT2D eigenvalue weighted by molar-refractivity contribution is 9.10. The Bertz CT molecular complexity index is 810. The van der Waals surface area contributed by atoms with Gasteiger partial charge in [0, 0.05) is 29.5 Å². The zero-order valence-electron chi connectivity index (χ0n) is 16.2. The highest BCUT2D eigenvalue weighted by Gasteiger charge is 2.53. The summed E-state index contributed by atoms with van der Waals surface area (Å²) in [5.41, 5.74) is 2.05. The molecule has 1 aromatic carbocycles. The number of halogens is 1. The number of hydrogen-bond acceptors (Lipinski definition) is 6. The Balaban J connectivity index is 1.72. The predicted molar refractivity (Wildman–Crippen MR) is 108 cm³/mol. The minimum absolute atomic E-state index is 0.116. The third kappa shape index (κ3) is 3.23. The highest BCUT2D eigenvalue weighted by atomic mass is 79.9. The van der Waals surface area contributed by atoms with Crippen molar-refractivity contribution in [2.75, 3.05) is 26.8 Å². The number of carbonyl (C=O) groups excluding carboxylic acids is 1. The van der Waals surface area contributed by atoms with E-state index in [0.717, 1.165) is 35.3 Å². The summed E-state index contributed by atoms with van der Waals surface area (Å²) >= 11 is 3.73. The minimum atomic E-state index is -0.494. The van der Waals surface area contributed by atoms with E-state index in [2.05, 4.69) is 26.9 Å². The number of esters is 1. The molecule has 1 aromatic rings. The second-order valence-corrected chi connectivity index (χ2v) is 8.49. The highest BCUT2D eigenvalue weighted by Crippen LogP contribution is 2.57. The number of rotatable bonds is 5. The van der Waals surface area contributed by atoms with E-state index in [1.54, 1.807) is 7.11 Å². The summed E-state index contributed by atoms with van der Waals surface area (Å²) in [7, 11) is 1.65.